The van der Waals surface area contributed by atoms with Gasteiger partial charge in [-0.05, 0) is 47.8 Å². The Bertz CT molecular complexity index is 831. The molecule has 3 amide bonds. The molecular formula is C19H17N3O2S. The molecule has 0 spiro atoms. The summed E-state index contributed by atoms with van der Waals surface area (Å²) in [6.45, 7) is 0.510. The average Bonchev–Trinajstić information content (AvgIpc) is 3.14. The molecule has 5 nitrogen and oxygen atoms in total. The van der Waals surface area contributed by atoms with Crippen molar-refractivity contribution in [1.29, 1.82) is 0 Å². The Morgan fingerprint density at radius 3 is 2.12 bits per heavy atom. The topological polar surface area (TPSA) is 70.2 Å². The van der Waals surface area contributed by atoms with Gasteiger partial charge in [-0.3, -0.25) is 4.79 Å². The van der Waals surface area contributed by atoms with E-state index in [1.165, 1.54) is 0 Å². The van der Waals surface area contributed by atoms with Crippen LogP contribution in [0.4, 0.5) is 16.2 Å². The summed E-state index contributed by atoms with van der Waals surface area (Å²) in [6.07, 6.45) is 0. The fourth-order valence-corrected chi connectivity index (χ4v) is 2.85. The zero-order chi connectivity index (χ0) is 17.5. The quantitative estimate of drug-likeness (QED) is 0.640. The number of para-hydroxylation sites is 1. The number of hydrogen-bond donors (Lipinski definition) is 3. The van der Waals surface area contributed by atoms with Gasteiger partial charge in [0.15, 0.2) is 0 Å². The van der Waals surface area contributed by atoms with Crippen LogP contribution in [0.3, 0.4) is 0 Å². The average molecular weight is 351 g/mol. The van der Waals surface area contributed by atoms with Crippen LogP contribution < -0.4 is 16.0 Å². The number of carbonyl (C=O) groups is 2. The van der Waals surface area contributed by atoms with E-state index in [1.807, 2.05) is 35.7 Å². The highest BCUT2D eigenvalue weighted by atomic mass is 32.1. The fourth-order valence-electron chi connectivity index (χ4n) is 2.20. The van der Waals surface area contributed by atoms with Crippen molar-refractivity contribution in [2.45, 2.75) is 6.54 Å². The van der Waals surface area contributed by atoms with Crippen LogP contribution in [0.2, 0.25) is 0 Å². The van der Waals surface area contributed by atoms with Crippen LogP contribution in [0.1, 0.15) is 15.2 Å². The van der Waals surface area contributed by atoms with Crippen LogP contribution in [-0.2, 0) is 6.54 Å². The van der Waals surface area contributed by atoms with Crippen molar-refractivity contribution in [2.75, 3.05) is 10.6 Å². The first kappa shape index (κ1) is 16.7. The van der Waals surface area contributed by atoms with Gasteiger partial charge in [-0.2, -0.15) is 0 Å². The molecule has 0 bridgehead atoms. The lowest BCUT2D eigenvalue weighted by Gasteiger charge is -2.08. The first-order chi connectivity index (χ1) is 12.2. The van der Waals surface area contributed by atoms with E-state index in [2.05, 4.69) is 16.0 Å². The van der Waals surface area contributed by atoms with Crippen LogP contribution >= 0.6 is 11.3 Å². The first-order valence-corrected chi connectivity index (χ1v) is 8.62. The maximum Gasteiger partial charge on any atom is 0.323 e. The van der Waals surface area contributed by atoms with Gasteiger partial charge in [0.05, 0.1) is 6.54 Å². The Morgan fingerprint density at radius 1 is 0.800 bits per heavy atom. The molecule has 0 atom stereocenters. The summed E-state index contributed by atoms with van der Waals surface area (Å²) in [4.78, 5) is 25.1. The highest BCUT2D eigenvalue weighted by molar-refractivity contribution is 7.09. The first-order valence-electron chi connectivity index (χ1n) is 7.74. The fraction of sp³-hybridized carbons (Fsp3) is 0.0526. The van der Waals surface area contributed by atoms with Gasteiger partial charge in [0.2, 0.25) is 0 Å². The van der Waals surface area contributed by atoms with E-state index in [1.54, 1.807) is 47.7 Å². The largest absolute Gasteiger partial charge is 0.347 e. The Morgan fingerprint density at radius 2 is 1.48 bits per heavy atom. The summed E-state index contributed by atoms with van der Waals surface area (Å²) < 4.78 is 0. The third kappa shape index (κ3) is 4.92. The molecule has 0 unspecified atom stereocenters. The number of anilines is 2. The summed E-state index contributed by atoms with van der Waals surface area (Å²) in [5.74, 6) is -0.145. The van der Waals surface area contributed by atoms with Gasteiger partial charge in [0.1, 0.15) is 0 Å². The highest BCUT2D eigenvalue weighted by Gasteiger charge is 2.07. The molecule has 0 fully saturated rings. The van der Waals surface area contributed by atoms with Crippen LogP contribution in [-0.4, -0.2) is 11.9 Å². The van der Waals surface area contributed by atoms with Crippen LogP contribution in [0.15, 0.2) is 72.1 Å². The van der Waals surface area contributed by atoms with Gasteiger partial charge in [-0.1, -0.05) is 24.3 Å². The molecular weight excluding hydrogens is 334 g/mol. The molecule has 1 aromatic heterocycles. The Kier molecular flexibility index (Phi) is 5.43. The third-order valence-electron chi connectivity index (χ3n) is 3.44. The standard InChI is InChI=1S/C19H17N3O2S/c23-18(20-13-17-7-4-12-25-17)14-8-10-16(11-9-14)22-19(24)21-15-5-2-1-3-6-15/h1-12H,13H2,(H,20,23)(H2,21,22,24). The lowest BCUT2D eigenvalue weighted by atomic mass is 10.2. The monoisotopic (exact) mass is 351 g/mol. The van der Waals surface area contributed by atoms with Gasteiger partial charge < -0.3 is 16.0 Å². The Balaban J connectivity index is 1.52. The molecule has 0 aliphatic heterocycles. The van der Waals surface area contributed by atoms with Crippen molar-refractivity contribution in [3.05, 3.63) is 82.6 Å². The molecule has 3 N–H and O–H groups in total. The second-order valence-electron chi connectivity index (χ2n) is 5.28. The van der Waals surface area contributed by atoms with Gasteiger partial charge in [-0.25, -0.2) is 4.79 Å². The Labute approximate surface area is 149 Å². The summed E-state index contributed by atoms with van der Waals surface area (Å²) in [5, 5.41) is 10.3. The van der Waals surface area contributed by atoms with Crippen molar-refractivity contribution in [1.82, 2.24) is 5.32 Å². The summed E-state index contributed by atoms with van der Waals surface area (Å²) >= 11 is 1.60. The molecule has 25 heavy (non-hydrogen) atoms. The Hall–Kier alpha value is -3.12. The molecule has 126 valence electrons. The van der Waals surface area contributed by atoms with Gasteiger partial charge in [0.25, 0.3) is 5.91 Å². The maximum atomic E-state index is 12.1. The third-order valence-corrected chi connectivity index (χ3v) is 4.32. The van der Waals surface area contributed by atoms with E-state index in [4.69, 9.17) is 0 Å². The minimum absolute atomic E-state index is 0.145. The van der Waals surface area contributed by atoms with Crippen molar-refractivity contribution in [3.8, 4) is 0 Å². The SMILES string of the molecule is O=C(Nc1ccccc1)Nc1ccc(C(=O)NCc2cccs2)cc1. The zero-order valence-corrected chi connectivity index (χ0v) is 14.2. The molecule has 6 heteroatoms. The summed E-state index contributed by atoms with van der Waals surface area (Å²) in [5.41, 5.74) is 1.87. The lowest BCUT2D eigenvalue weighted by Crippen LogP contribution is -2.22. The second kappa shape index (κ2) is 8.12. The van der Waals surface area contributed by atoms with Crippen LogP contribution in [0.25, 0.3) is 0 Å². The minimum Gasteiger partial charge on any atom is -0.347 e. The molecule has 3 aromatic rings. The van der Waals surface area contributed by atoms with E-state index < -0.39 is 0 Å². The maximum absolute atomic E-state index is 12.1. The van der Waals surface area contributed by atoms with Gasteiger partial charge in [0, 0.05) is 21.8 Å². The normalized spacial score (nSPS) is 10.1. The molecule has 2 aromatic carbocycles. The molecule has 0 aliphatic carbocycles. The van der Waals surface area contributed by atoms with E-state index >= 15 is 0 Å². The predicted molar refractivity (Wildman–Crippen MR) is 101 cm³/mol. The smallest absolute Gasteiger partial charge is 0.323 e. The van der Waals surface area contributed by atoms with Gasteiger partial charge in [-0.15, -0.1) is 11.3 Å². The molecule has 0 saturated heterocycles. The van der Waals surface area contributed by atoms with E-state index in [9.17, 15) is 9.59 Å². The zero-order valence-electron chi connectivity index (χ0n) is 13.4. The number of urea groups is 1. The highest BCUT2D eigenvalue weighted by Crippen LogP contribution is 2.12. The van der Waals surface area contributed by atoms with E-state index in [0.29, 0.717) is 23.5 Å². The van der Waals surface area contributed by atoms with Crippen molar-refractivity contribution in [2.24, 2.45) is 0 Å². The molecule has 0 radical (unpaired) electrons. The number of nitrogens with one attached hydrogen (secondary N) is 3. The number of thiophene rings is 1. The van der Waals surface area contributed by atoms with E-state index in [-0.39, 0.29) is 11.9 Å². The molecule has 0 saturated carbocycles. The number of rotatable bonds is 5. The predicted octanol–water partition coefficient (Wildman–Crippen LogP) is 4.32. The summed E-state index contributed by atoms with van der Waals surface area (Å²) in [7, 11) is 0. The van der Waals surface area contributed by atoms with Crippen molar-refractivity contribution in [3.63, 3.8) is 0 Å². The summed E-state index contributed by atoms with van der Waals surface area (Å²) in [6, 6.07) is 19.5. The molecule has 1 heterocycles. The van der Waals surface area contributed by atoms with Crippen LogP contribution in [0, 0.1) is 0 Å². The van der Waals surface area contributed by atoms with Gasteiger partial charge >= 0.3 is 6.03 Å². The lowest BCUT2D eigenvalue weighted by molar-refractivity contribution is 0.0951. The van der Waals surface area contributed by atoms with E-state index in [0.717, 1.165) is 4.88 Å². The number of carbonyl (C=O) groups excluding carboxylic acids is 2. The van der Waals surface area contributed by atoms with Crippen molar-refractivity contribution < 1.29 is 9.59 Å². The number of amides is 3. The van der Waals surface area contributed by atoms with Crippen molar-refractivity contribution >= 4 is 34.6 Å². The molecule has 0 aliphatic rings. The number of benzene rings is 2. The molecule has 3 rings (SSSR count). The number of hydrogen-bond acceptors (Lipinski definition) is 3. The second-order valence-corrected chi connectivity index (χ2v) is 6.32. The minimum atomic E-state index is -0.332. The van der Waals surface area contributed by atoms with Crippen LogP contribution in [0.5, 0.6) is 0 Å².